The molecule has 1 spiro atoms. The number of hydrogen-bond acceptors (Lipinski definition) is 2. The monoisotopic (exact) mass is 194 g/mol. The Morgan fingerprint density at radius 3 is 2.14 bits per heavy atom. The third kappa shape index (κ3) is 1.46. The molecule has 2 aliphatic rings. The van der Waals surface area contributed by atoms with Crippen molar-refractivity contribution >= 4 is 0 Å². The number of rotatable bonds is 2. The summed E-state index contributed by atoms with van der Waals surface area (Å²) >= 11 is 0. The average Bonchev–Trinajstić information content (AvgIpc) is 2.15. The molecule has 0 saturated carbocycles. The first kappa shape index (κ1) is 10.0. The van der Waals surface area contributed by atoms with E-state index in [1.54, 1.807) is 0 Å². The molecule has 0 radical (unpaired) electrons. The summed E-state index contributed by atoms with van der Waals surface area (Å²) in [6.45, 7) is 13.5. The van der Waals surface area contributed by atoms with Crippen molar-refractivity contribution in [3.05, 3.63) is 12.3 Å². The van der Waals surface area contributed by atoms with Crippen molar-refractivity contribution in [3.63, 3.8) is 0 Å². The van der Waals surface area contributed by atoms with Crippen molar-refractivity contribution < 1.29 is 0 Å². The number of piperidine rings is 1. The Bertz CT molecular complexity index is 226. The molecule has 0 aromatic carbocycles. The summed E-state index contributed by atoms with van der Waals surface area (Å²) in [6.07, 6.45) is 4.07. The quantitative estimate of drug-likeness (QED) is 0.664. The lowest BCUT2D eigenvalue weighted by Gasteiger charge is -2.58. The third-order valence-corrected chi connectivity index (χ3v) is 4.07. The molecule has 0 aliphatic carbocycles. The van der Waals surface area contributed by atoms with Crippen molar-refractivity contribution in [2.45, 2.75) is 38.6 Å². The molecule has 2 heteroatoms. The van der Waals surface area contributed by atoms with Crippen LogP contribution >= 0.6 is 0 Å². The van der Waals surface area contributed by atoms with Gasteiger partial charge >= 0.3 is 0 Å². The minimum absolute atomic E-state index is 0.511. The van der Waals surface area contributed by atoms with Gasteiger partial charge in [0.1, 0.15) is 0 Å². The predicted octanol–water partition coefficient (Wildman–Crippen LogP) is 2.08. The first-order valence-electron chi connectivity index (χ1n) is 5.83. The summed E-state index contributed by atoms with van der Waals surface area (Å²) < 4.78 is 0. The van der Waals surface area contributed by atoms with Gasteiger partial charge in [-0.25, -0.2) is 0 Å². The van der Waals surface area contributed by atoms with E-state index in [2.05, 4.69) is 30.2 Å². The second-order valence-electron chi connectivity index (χ2n) is 4.80. The Morgan fingerprint density at radius 2 is 1.79 bits per heavy atom. The van der Waals surface area contributed by atoms with Gasteiger partial charge in [-0.3, -0.25) is 0 Å². The summed E-state index contributed by atoms with van der Waals surface area (Å²) in [7, 11) is 0. The standard InChI is InChI=1S/C12H22N2/c1-4-13-8-5-12(6-9-13)7-10-14(12)11(2)3/h2,4-10H2,1,3H3. The third-order valence-electron chi connectivity index (χ3n) is 4.07. The van der Waals surface area contributed by atoms with E-state index in [1.807, 2.05) is 0 Å². The van der Waals surface area contributed by atoms with Gasteiger partial charge in [0.25, 0.3) is 0 Å². The second kappa shape index (κ2) is 3.58. The SMILES string of the molecule is C=C(C)N1CCC12CCN(CC)CC2. The molecule has 2 saturated heterocycles. The van der Waals surface area contributed by atoms with Gasteiger partial charge in [0.2, 0.25) is 0 Å². The van der Waals surface area contributed by atoms with Crippen LogP contribution in [0.3, 0.4) is 0 Å². The van der Waals surface area contributed by atoms with E-state index in [0.29, 0.717) is 5.54 Å². The highest BCUT2D eigenvalue weighted by Crippen LogP contribution is 2.41. The van der Waals surface area contributed by atoms with Crippen LogP contribution in [-0.4, -0.2) is 41.5 Å². The van der Waals surface area contributed by atoms with E-state index >= 15 is 0 Å². The average molecular weight is 194 g/mol. The number of likely N-dealkylation sites (tertiary alicyclic amines) is 2. The summed E-state index contributed by atoms with van der Waals surface area (Å²) in [6, 6.07) is 0. The van der Waals surface area contributed by atoms with E-state index in [1.165, 1.54) is 51.1 Å². The van der Waals surface area contributed by atoms with Gasteiger partial charge in [0.05, 0.1) is 0 Å². The molecule has 2 rings (SSSR count). The van der Waals surface area contributed by atoms with Gasteiger partial charge in [-0.1, -0.05) is 13.5 Å². The Hall–Kier alpha value is -0.500. The van der Waals surface area contributed by atoms with Crippen molar-refractivity contribution in [2.75, 3.05) is 26.2 Å². The summed E-state index contributed by atoms with van der Waals surface area (Å²) in [5.41, 5.74) is 1.78. The summed E-state index contributed by atoms with van der Waals surface area (Å²) in [5, 5.41) is 0. The lowest BCUT2D eigenvalue weighted by molar-refractivity contribution is -0.0314. The summed E-state index contributed by atoms with van der Waals surface area (Å²) in [4.78, 5) is 5.08. The molecule has 2 nitrogen and oxygen atoms in total. The van der Waals surface area contributed by atoms with Crippen LogP contribution in [0.25, 0.3) is 0 Å². The second-order valence-corrected chi connectivity index (χ2v) is 4.80. The fraction of sp³-hybridized carbons (Fsp3) is 0.833. The lowest BCUT2D eigenvalue weighted by atomic mass is 9.76. The Morgan fingerprint density at radius 1 is 1.21 bits per heavy atom. The maximum absolute atomic E-state index is 4.08. The molecular formula is C12H22N2. The van der Waals surface area contributed by atoms with E-state index < -0.39 is 0 Å². The Kier molecular flexibility index (Phi) is 2.56. The van der Waals surface area contributed by atoms with Gasteiger partial charge in [-0.05, 0) is 32.7 Å². The zero-order chi connectivity index (χ0) is 10.2. The van der Waals surface area contributed by atoms with Crippen molar-refractivity contribution in [3.8, 4) is 0 Å². The van der Waals surface area contributed by atoms with Crippen LogP contribution in [0.2, 0.25) is 0 Å². The number of nitrogens with zero attached hydrogens (tertiary/aromatic N) is 2. The smallest absolute Gasteiger partial charge is 0.0440 e. The van der Waals surface area contributed by atoms with Crippen LogP contribution in [0.15, 0.2) is 12.3 Å². The molecule has 2 fully saturated rings. The molecule has 0 atom stereocenters. The Labute approximate surface area is 87.6 Å². The molecule has 0 aromatic heterocycles. The van der Waals surface area contributed by atoms with E-state index in [-0.39, 0.29) is 0 Å². The molecule has 0 aromatic rings. The highest BCUT2D eigenvalue weighted by molar-refractivity contribution is 5.10. The molecule has 0 unspecified atom stereocenters. The highest BCUT2D eigenvalue weighted by atomic mass is 15.3. The zero-order valence-electron chi connectivity index (χ0n) is 9.55. The first-order chi connectivity index (χ1) is 6.68. The normalized spacial score (nSPS) is 26.3. The van der Waals surface area contributed by atoms with Crippen LogP contribution in [0, 0.1) is 0 Å². The largest absolute Gasteiger partial charge is 0.370 e. The Balaban J connectivity index is 1.96. The molecule has 2 aliphatic heterocycles. The van der Waals surface area contributed by atoms with Crippen molar-refractivity contribution in [1.82, 2.24) is 9.80 Å². The van der Waals surface area contributed by atoms with Gasteiger partial charge in [0.15, 0.2) is 0 Å². The molecule has 0 N–H and O–H groups in total. The van der Waals surface area contributed by atoms with Crippen LogP contribution in [0.5, 0.6) is 0 Å². The van der Waals surface area contributed by atoms with Gasteiger partial charge in [0, 0.05) is 30.9 Å². The molecular weight excluding hydrogens is 172 g/mol. The fourth-order valence-corrected chi connectivity index (χ4v) is 2.94. The van der Waals surface area contributed by atoms with Gasteiger partial charge in [-0.15, -0.1) is 0 Å². The van der Waals surface area contributed by atoms with Crippen LogP contribution in [0.1, 0.15) is 33.1 Å². The topological polar surface area (TPSA) is 6.48 Å². The van der Waals surface area contributed by atoms with Crippen molar-refractivity contribution in [1.29, 1.82) is 0 Å². The minimum atomic E-state index is 0.511. The predicted molar refractivity (Wildman–Crippen MR) is 60.2 cm³/mol. The van der Waals surface area contributed by atoms with Crippen LogP contribution < -0.4 is 0 Å². The van der Waals surface area contributed by atoms with Crippen LogP contribution in [-0.2, 0) is 0 Å². The van der Waals surface area contributed by atoms with E-state index in [0.717, 1.165) is 0 Å². The molecule has 80 valence electrons. The van der Waals surface area contributed by atoms with Crippen molar-refractivity contribution in [2.24, 2.45) is 0 Å². The molecule has 0 bridgehead atoms. The maximum Gasteiger partial charge on any atom is 0.0440 e. The van der Waals surface area contributed by atoms with Crippen LogP contribution in [0.4, 0.5) is 0 Å². The molecule has 2 heterocycles. The van der Waals surface area contributed by atoms with Gasteiger partial charge < -0.3 is 9.80 Å². The van der Waals surface area contributed by atoms with E-state index in [9.17, 15) is 0 Å². The lowest BCUT2D eigenvalue weighted by Crippen LogP contribution is -2.62. The van der Waals surface area contributed by atoms with Gasteiger partial charge in [-0.2, -0.15) is 0 Å². The number of allylic oxidation sites excluding steroid dienone is 1. The first-order valence-corrected chi connectivity index (χ1v) is 5.83. The highest BCUT2D eigenvalue weighted by Gasteiger charge is 2.45. The molecule has 0 amide bonds. The summed E-state index contributed by atoms with van der Waals surface area (Å²) in [5.74, 6) is 0. The zero-order valence-corrected chi connectivity index (χ0v) is 9.55. The maximum atomic E-state index is 4.08. The number of hydrogen-bond donors (Lipinski definition) is 0. The van der Waals surface area contributed by atoms with E-state index in [4.69, 9.17) is 0 Å². The minimum Gasteiger partial charge on any atom is -0.370 e. The fourth-order valence-electron chi connectivity index (χ4n) is 2.94. The molecule has 14 heavy (non-hydrogen) atoms.